The zero-order chi connectivity index (χ0) is 16.2. The van der Waals surface area contributed by atoms with Crippen molar-refractivity contribution >= 4 is 12.1 Å². The van der Waals surface area contributed by atoms with Gasteiger partial charge in [0.25, 0.3) is 0 Å². The molecule has 1 aliphatic rings. The molecular weight excluding hydrogens is 296 g/mol. The highest BCUT2D eigenvalue weighted by molar-refractivity contribution is 5.89. The Morgan fingerprint density at radius 2 is 2.00 bits per heavy atom. The van der Waals surface area contributed by atoms with Crippen LogP contribution in [-0.4, -0.2) is 33.6 Å². The topological polar surface area (TPSA) is 79.7 Å². The number of carboxylic acid groups (broad SMARTS) is 1. The molecule has 3 rings (SSSR count). The Kier molecular flexibility index (Phi) is 4.23. The number of fused-ring (bicyclic) bond motifs is 1. The molecule has 1 N–H and O–H groups in total. The molecule has 0 atom stereocenters. The Bertz CT molecular complexity index is 731. The van der Waals surface area contributed by atoms with Crippen LogP contribution in [0.15, 0.2) is 42.7 Å². The van der Waals surface area contributed by atoms with Crippen molar-refractivity contribution in [3.05, 3.63) is 65.0 Å². The van der Waals surface area contributed by atoms with Gasteiger partial charge in [-0.1, -0.05) is 30.3 Å². The number of hydrogen-bond acceptors (Lipinski definition) is 4. The third-order valence-corrected chi connectivity index (χ3v) is 3.84. The van der Waals surface area contributed by atoms with Crippen molar-refractivity contribution in [3.8, 4) is 0 Å². The van der Waals surface area contributed by atoms with E-state index >= 15 is 0 Å². The average Bonchev–Trinajstić information content (AvgIpc) is 2.59. The minimum atomic E-state index is -1.03. The first-order valence-corrected chi connectivity index (χ1v) is 7.30. The normalized spacial score (nSPS) is 13.3. The van der Waals surface area contributed by atoms with Gasteiger partial charge in [0.1, 0.15) is 6.61 Å². The van der Waals surface area contributed by atoms with Crippen molar-refractivity contribution in [2.45, 2.75) is 19.6 Å². The number of benzene rings is 1. The molecule has 0 bridgehead atoms. The number of ether oxygens (including phenoxy) is 1. The second kappa shape index (κ2) is 6.48. The number of nitrogens with zero attached hydrogens (tertiary/aromatic N) is 2. The molecule has 6 heteroatoms. The Labute approximate surface area is 133 Å². The highest BCUT2D eigenvalue weighted by Crippen LogP contribution is 2.22. The smallest absolute Gasteiger partial charge is 0.410 e. The van der Waals surface area contributed by atoms with E-state index in [1.165, 1.54) is 11.1 Å². The second-order valence-corrected chi connectivity index (χ2v) is 5.34. The molecule has 1 amide bonds. The number of hydrogen-bond donors (Lipinski definition) is 1. The Balaban J connectivity index is 1.69. The summed E-state index contributed by atoms with van der Waals surface area (Å²) in [5, 5.41) is 9.24. The summed E-state index contributed by atoms with van der Waals surface area (Å²) < 4.78 is 5.31. The van der Waals surface area contributed by atoms with Crippen LogP contribution in [0, 0.1) is 0 Å². The lowest BCUT2D eigenvalue weighted by Crippen LogP contribution is -2.37. The van der Waals surface area contributed by atoms with Crippen molar-refractivity contribution in [2.75, 3.05) is 6.54 Å². The first kappa shape index (κ1) is 15.0. The maximum Gasteiger partial charge on any atom is 0.410 e. The lowest BCUT2D eigenvalue weighted by molar-refractivity contribution is 0.0687. The van der Waals surface area contributed by atoms with Crippen molar-refractivity contribution in [2.24, 2.45) is 0 Å². The minimum absolute atomic E-state index is 0.142. The van der Waals surface area contributed by atoms with E-state index in [9.17, 15) is 14.7 Å². The quantitative estimate of drug-likeness (QED) is 0.942. The monoisotopic (exact) mass is 312 g/mol. The van der Waals surface area contributed by atoms with Gasteiger partial charge >= 0.3 is 12.1 Å². The molecule has 0 radical (unpaired) electrons. The molecule has 0 saturated heterocycles. The molecule has 0 saturated carbocycles. The van der Waals surface area contributed by atoms with Crippen LogP contribution in [0.5, 0.6) is 0 Å². The van der Waals surface area contributed by atoms with Crippen molar-refractivity contribution in [1.82, 2.24) is 9.88 Å². The summed E-state index contributed by atoms with van der Waals surface area (Å²) in [6, 6.07) is 9.42. The summed E-state index contributed by atoms with van der Waals surface area (Å²) in [6.07, 6.45) is 3.12. The summed E-state index contributed by atoms with van der Waals surface area (Å²) in [6.45, 7) is 0.920. The summed E-state index contributed by atoms with van der Waals surface area (Å²) in [5.74, 6) is -1.03. The van der Waals surface area contributed by atoms with E-state index in [4.69, 9.17) is 4.74 Å². The first-order valence-electron chi connectivity index (χ1n) is 7.30. The molecule has 118 valence electrons. The number of carbonyl (C=O) groups excluding carboxylic acids is 1. The van der Waals surface area contributed by atoms with Gasteiger partial charge in [-0.3, -0.25) is 4.98 Å². The van der Waals surface area contributed by atoms with Crippen LogP contribution in [0.1, 0.15) is 27.0 Å². The minimum Gasteiger partial charge on any atom is -0.478 e. The third kappa shape index (κ3) is 3.31. The molecule has 0 aliphatic carbocycles. The van der Waals surface area contributed by atoms with Crippen LogP contribution in [0.2, 0.25) is 0 Å². The van der Waals surface area contributed by atoms with Gasteiger partial charge in [-0.05, 0) is 23.1 Å². The summed E-state index contributed by atoms with van der Waals surface area (Å²) in [5.41, 5.74) is 2.56. The lowest BCUT2D eigenvalue weighted by Gasteiger charge is -2.28. The molecule has 0 unspecified atom stereocenters. The molecule has 1 aromatic carbocycles. The molecule has 6 nitrogen and oxygen atoms in total. The number of carboxylic acids is 1. The summed E-state index contributed by atoms with van der Waals surface area (Å²) in [7, 11) is 0. The molecule has 23 heavy (non-hydrogen) atoms. The number of aromatic carboxylic acids is 1. The van der Waals surface area contributed by atoms with Gasteiger partial charge < -0.3 is 14.7 Å². The third-order valence-electron chi connectivity index (χ3n) is 3.84. The zero-order valence-electron chi connectivity index (χ0n) is 12.4. The Morgan fingerprint density at radius 3 is 2.74 bits per heavy atom. The summed E-state index contributed by atoms with van der Waals surface area (Å²) in [4.78, 5) is 29.0. The maximum absolute atomic E-state index is 12.2. The molecule has 1 aromatic heterocycles. The van der Waals surface area contributed by atoms with E-state index in [0.29, 0.717) is 18.5 Å². The SMILES string of the molecule is O=C(O)c1cncc2c1CN(C(=O)OCc1ccccc1)CC2. The maximum atomic E-state index is 12.2. The average molecular weight is 312 g/mol. The van der Waals surface area contributed by atoms with Crippen molar-refractivity contribution in [3.63, 3.8) is 0 Å². The number of aromatic nitrogens is 1. The van der Waals surface area contributed by atoms with E-state index in [0.717, 1.165) is 11.1 Å². The number of amides is 1. The standard InChI is InChI=1S/C17H16N2O4/c20-16(21)14-9-18-8-13-6-7-19(10-15(13)14)17(22)23-11-12-4-2-1-3-5-12/h1-5,8-9H,6-7,10-11H2,(H,20,21). The van der Waals surface area contributed by atoms with Gasteiger partial charge in [0.15, 0.2) is 0 Å². The van der Waals surface area contributed by atoms with Gasteiger partial charge in [0, 0.05) is 18.9 Å². The van der Waals surface area contributed by atoms with Crippen molar-refractivity contribution < 1.29 is 19.4 Å². The van der Waals surface area contributed by atoms with Crippen LogP contribution < -0.4 is 0 Å². The van der Waals surface area contributed by atoms with E-state index < -0.39 is 12.1 Å². The Morgan fingerprint density at radius 1 is 1.22 bits per heavy atom. The lowest BCUT2D eigenvalue weighted by atomic mass is 9.98. The molecule has 1 aliphatic heterocycles. The van der Waals surface area contributed by atoms with E-state index in [1.807, 2.05) is 30.3 Å². The summed E-state index contributed by atoms with van der Waals surface area (Å²) >= 11 is 0. The van der Waals surface area contributed by atoms with Gasteiger partial charge in [-0.2, -0.15) is 0 Å². The highest BCUT2D eigenvalue weighted by Gasteiger charge is 2.25. The van der Waals surface area contributed by atoms with E-state index in [2.05, 4.69) is 4.98 Å². The molecule has 2 aromatic rings. The first-order chi connectivity index (χ1) is 11.1. The van der Waals surface area contributed by atoms with E-state index in [1.54, 1.807) is 6.20 Å². The van der Waals surface area contributed by atoms with Crippen molar-refractivity contribution in [1.29, 1.82) is 0 Å². The van der Waals surface area contributed by atoms with Crippen LogP contribution in [-0.2, 0) is 24.3 Å². The number of carbonyl (C=O) groups is 2. The highest BCUT2D eigenvalue weighted by atomic mass is 16.6. The van der Waals surface area contributed by atoms with Crippen LogP contribution in [0.3, 0.4) is 0 Å². The van der Waals surface area contributed by atoms with Gasteiger partial charge in [-0.25, -0.2) is 9.59 Å². The van der Waals surface area contributed by atoms with Gasteiger partial charge in [0.05, 0.1) is 12.1 Å². The predicted octanol–water partition coefficient (Wildman–Crippen LogP) is 2.47. The van der Waals surface area contributed by atoms with Crippen LogP contribution in [0.4, 0.5) is 4.79 Å². The molecule has 2 heterocycles. The molecule has 0 fully saturated rings. The largest absolute Gasteiger partial charge is 0.478 e. The fourth-order valence-corrected chi connectivity index (χ4v) is 2.61. The van der Waals surface area contributed by atoms with Gasteiger partial charge in [-0.15, -0.1) is 0 Å². The zero-order valence-corrected chi connectivity index (χ0v) is 12.4. The van der Waals surface area contributed by atoms with E-state index in [-0.39, 0.29) is 18.7 Å². The second-order valence-electron chi connectivity index (χ2n) is 5.34. The fourth-order valence-electron chi connectivity index (χ4n) is 2.61. The van der Waals surface area contributed by atoms with Gasteiger partial charge in [0.2, 0.25) is 0 Å². The number of rotatable bonds is 3. The fraction of sp³-hybridized carbons (Fsp3) is 0.235. The van der Waals surface area contributed by atoms with Crippen LogP contribution >= 0.6 is 0 Å². The molecular formula is C17H16N2O4. The predicted molar refractivity (Wildman–Crippen MR) is 81.9 cm³/mol. The Hall–Kier alpha value is -2.89. The molecule has 0 spiro atoms. The van der Waals surface area contributed by atoms with Crippen LogP contribution in [0.25, 0.3) is 0 Å². The number of pyridine rings is 1.